The maximum Gasteiger partial charge on any atom is 0.112 e. The highest BCUT2D eigenvalue weighted by Gasteiger charge is 2.22. The van der Waals surface area contributed by atoms with Gasteiger partial charge in [-0.15, -0.1) is 0 Å². The van der Waals surface area contributed by atoms with E-state index < -0.39 is 8.80 Å². The molecule has 0 amide bonds. The third-order valence-electron chi connectivity index (χ3n) is 4.55. The standard InChI is InChI=1S/C20H31NSi/c1-3-5-11-18-12-10-15-20(18)22(17-21-16-6-4-2)19-13-8-7-9-14-19/h7-10,12-14,21-22H,3-6,11,15-17H2,1-2H3. The van der Waals surface area contributed by atoms with Gasteiger partial charge in [-0.25, -0.2) is 0 Å². The van der Waals surface area contributed by atoms with Crippen LogP contribution in [0.15, 0.2) is 53.3 Å². The monoisotopic (exact) mass is 313 g/mol. The second kappa shape index (κ2) is 9.81. The van der Waals surface area contributed by atoms with Gasteiger partial charge in [0, 0.05) is 0 Å². The lowest BCUT2D eigenvalue weighted by Gasteiger charge is -2.20. The van der Waals surface area contributed by atoms with E-state index in [2.05, 4.69) is 61.6 Å². The van der Waals surface area contributed by atoms with Gasteiger partial charge in [0.25, 0.3) is 0 Å². The summed E-state index contributed by atoms with van der Waals surface area (Å²) in [6.07, 6.45) is 13.6. The Bertz CT molecular complexity index is 490. The average molecular weight is 314 g/mol. The predicted molar refractivity (Wildman–Crippen MR) is 101 cm³/mol. The van der Waals surface area contributed by atoms with Crippen molar-refractivity contribution in [3.05, 3.63) is 53.3 Å². The molecule has 0 saturated carbocycles. The van der Waals surface area contributed by atoms with E-state index in [-0.39, 0.29) is 0 Å². The van der Waals surface area contributed by atoms with Gasteiger partial charge in [0.15, 0.2) is 0 Å². The van der Waals surface area contributed by atoms with Crippen molar-refractivity contribution in [1.82, 2.24) is 5.32 Å². The van der Waals surface area contributed by atoms with Crippen molar-refractivity contribution < 1.29 is 0 Å². The first-order valence-electron chi connectivity index (χ1n) is 9.00. The molecule has 1 aliphatic rings. The van der Waals surface area contributed by atoms with Crippen molar-refractivity contribution in [2.45, 2.75) is 52.4 Å². The molecule has 1 aromatic carbocycles. The average Bonchev–Trinajstić information content (AvgIpc) is 3.02. The zero-order chi connectivity index (χ0) is 15.6. The van der Waals surface area contributed by atoms with Crippen LogP contribution in [0.3, 0.4) is 0 Å². The van der Waals surface area contributed by atoms with Crippen LogP contribution in [0.1, 0.15) is 52.4 Å². The lowest BCUT2D eigenvalue weighted by atomic mass is 10.1. The van der Waals surface area contributed by atoms with Crippen LogP contribution in [-0.2, 0) is 0 Å². The Morgan fingerprint density at radius 2 is 1.82 bits per heavy atom. The first-order chi connectivity index (χ1) is 10.9. The van der Waals surface area contributed by atoms with Crippen molar-refractivity contribution in [2.24, 2.45) is 0 Å². The second-order valence-corrected chi connectivity index (χ2v) is 9.16. The fourth-order valence-electron chi connectivity index (χ4n) is 3.22. The molecule has 0 saturated heterocycles. The van der Waals surface area contributed by atoms with E-state index in [1.807, 2.05) is 0 Å². The number of hydrogen-bond donors (Lipinski definition) is 1. The van der Waals surface area contributed by atoms with Crippen molar-refractivity contribution in [2.75, 3.05) is 12.7 Å². The van der Waals surface area contributed by atoms with Crippen LogP contribution in [-0.4, -0.2) is 21.5 Å². The third kappa shape index (κ3) is 4.96. The summed E-state index contributed by atoms with van der Waals surface area (Å²) in [4.78, 5) is 0. The smallest absolute Gasteiger partial charge is 0.112 e. The summed E-state index contributed by atoms with van der Waals surface area (Å²) in [5.74, 6) is 0. The molecule has 0 radical (unpaired) electrons. The molecule has 22 heavy (non-hydrogen) atoms. The van der Waals surface area contributed by atoms with Gasteiger partial charge in [-0.2, -0.15) is 0 Å². The number of hydrogen-bond acceptors (Lipinski definition) is 1. The highest BCUT2D eigenvalue weighted by molar-refractivity contribution is 6.80. The van der Waals surface area contributed by atoms with E-state index in [4.69, 9.17) is 0 Å². The van der Waals surface area contributed by atoms with Gasteiger partial charge in [0.2, 0.25) is 0 Å². The summed E-state index contributed by atoms with van der Waals surface area (Å²) in [7, 11) is -1.08. The Kier molecular flexibility index (Phi) is 7.68. The fourth-order valence-corrected chi connectivity index (χ4v) is 6.39. The van der Waals surface area contributed by atoms with E-state index in [0.717, 1.165) is 6.54 Å². The van der Waals surface area contributed by atoms with Crippen LogP contribution >= 0.6 is 0 Å². The molecule has 0 heterocycles. The number of unbranched alkanes of at least 4 members (excludes halogenated alkanes) is 2. The molecule has 2 heteroatoms. The Morgan fingerprint density at radius 3 is 2.55 bits per heavy atom. The molecule has 1 N–H and O–H groups in total. The molecule has 0 spiro atoms. The molecule has 1 unspecified atom stereocenters. The summed E-state index contributed by atoms with van der Waals surface area (Å²) >= 11 is 0. The first-order valence-corrected chi connectivity index (χ1v) is 11.0. The third-order valence-corrected chi connectivity index (χ3v) is 7.88. The van der Waals surface area contributed by atoms with Gasteiger partial charge in [-0.1, -0.05) is 85.1 Å². The number of nitrogens with one attached hydrogen (secondary N) is 1. The molecule has 0 aliphatic heterocycles. The molecule has 1 aromatic rings. The minimum absolute atomic E-state index is 1.08. The van der Waals surface area contributed by atoms with Gasteiger partial charge < -0.3 is 5.32 Å². The molecule has 0 fully saturated rings. The molecule has 2 rings (SSSR count). The molecule has 120 valence electrons. The highest BCUT2D eigenvalue weighted by atomic mass is 28.3. The number of rotatable bonds is 10. The molecule has 0 aromatic heterocycles. The summed E-state index contributed by atoms with van der Waals surface area (Å²) in [5, 5.41) is 7.12. The van der Waals surface area contributed by atoms with Crippen LogP contribution in [0.4, 0.5) is 0 Å². The van der Waals surface area contributed by atoms with Gasteiger partial charge >= 0.3 is 0 Å². The Labute approximate surface area is 138 Å². The number of allylic oxidation sites excluding steroid dienone is 4. The molecule has 1 nitrogen and oxygen atoms in total. The zero-order valence-electron chi connectivity index (χ0n) is 14.3. The second-order valence-electron chi connectivity index (χ2n) is 6.28. The van der Waals surface area contributed by atoms with Crippen molar-refractivity contribution in [3.63, 3.8) is 0 Å². The molecule has 1 aliphatic carbocycles. The minimum atomic E-state index is -1.08. The van der Waals surface area contributed by atoms with Crippen molar-refractivity contribution in [1.29, 1.82) is 0 Å². The lowest BCUT2D eigenvalue weighted by molar-refractivity contribution is 0.694. The lowest BCUT2D eigenvalue weighted by Crippen LogP contribution is -2.43. The summed E-state index contributed by atoms with van der Waals surface area (Å²) < 4.78 is 0. The molecular weight excluding hydrogens is 282 g/mol. The van der Waals surface area contributed by atoms with Gasteiger partial charge in [-0.05, 0) is 38.4 Å². The fraction of sp³-hybridized carbons (Fsp3) is 0.500. The summed E-state index contributed by atoms with van der Waals surface area (Å²) in [5.41, 5.74) is 1.65. The topological polar surface area (TPSA) is 12.0 Å². The van der Waals surface area contributed by atoms with E-state index >= 15 is 0 Å². The van der Waals surface area contributed by atoms with Gasteiger partial charge in [0.05, 0.1) is 0 Å². The SMILES string of the molecule is CCCCNC[SiH](C1=C(CCCC)C=CC1)c1ccccc1. The van der Waals surface area contributed by atoms with Crippen LogP contribution in [0.2, 0.25) is 0 Å². The molecule has 0 bridgehead atoms. The number of benzene rings is 1. The quantitative estimate of drug-likeness (QED) is 0.508. The zero-order valence-corrected chi connectivity index (χ0v) is 15.4. The van der Waals surface area contributed by atoms with Crippen LogP contribution in [0.5, 0.6) is 0 Å². The summed E-state index contributed by atoms with van der Waals surface area (Å²) in [6.45, 7) is 5.72. The van der Waals surface area contributed by atoms with Crippen LogP contribution in [0.25, 0.3) is 0 Å². The van der Waals surface area contributed by atoms with E-state index in [1.54, 1.807) is 16.0 Å². The highest BCUT2D eigenvalue weighted by Crippen LogP contribution is 2.25. The van der Waals surface area contributed by atoms with E-state index in [1.165, 1.54) is 44.7 Å². The van der Waals surface area contributed by atoms with E-state index in [0.29, 0.717) is 0 Å². The summed E-state index contributed by atoms with van der Waals surface area (Å²) in [6, 6.07) is 11.2. The van der Waals surface area contributed by atoms with Gasteiger partial charge in [-0.3, -0.25) is 0 Å². The molecule has 1 atom stereocenters. The largest absolute Gasteiger partial charge is 0.319 e. The van der Waals surface area contributed by atoms with Crippen molar-refractivity contribution >= 4 is 14.0 Å². The maximum atomic E-state index is 3.74. The Balaban J connectivity index is 2.13. The van der Waals surface area contributed by atoms with Crippen LogP contribution in [0, 0.1) is 0 Å². The Hall–Kier alpha value is -1.12. The van der Waals surface area contributed by atoms with Crippen LogP contribution < -0.4 is 10.5 Å². The van der Waals surface area contributed by atoms with Crippen molar-refractivity contribution in [3.8, 4) is 0 Å². The predicted octanol–water partition coefficient (Wildman–Crippen LogP) is 4.04. The normalized spacial score (nSPS) is 15.5. The van der Waals surface area contributed by atoms with E-state index in [9.17, 15) is 0 Å². The minimum Gasteiger partial charge on any atom is -0.319 e. The Morgan fingerprint density at radius 1 is 1.05 bits per heavy atom. The van der Waals surface area contributed by atoms with Gasteiger partial charge in [0.1, 0.15) is 8.80 Å². The molecular formula is C20H31NSi. The maximum absolute atomic E-state index is 3.74. The first kappa shape index (κ1) is 17.2.